The van der Waals surface area contributed by atoms with Crippen molar-refractivity contribution >= 4 is 16.9 Å². The summed E-state index contributed by atoms with van der Waals surface area (Å²) < 4.78 is 21.9. The highest BCUT2D eigenvalue weighted by Gasteiger charge is 2.26. The van der Waals surface area contributed by atoms with Crippen molar-refractivity contribution in [1.82, 2.24) is 10.5 Å². The van der Waals surface area contributed by atoms with Crippen molar-refractivity contribution in [2.45, 2.75) is 32.4 Å². The van der Waals surface area contributed by atoms with Gasteiger partial charge in [-0.2, -0.15) is 0 Å². The number of hydrogen-bond acceptors (Lipinski definition) is 8. The lowest BCUT2D eigenvalue weighted by molar-refractivity contribution is -0.120. The van der Waals surface area contributed by atoms with Crippen LogP contribution in [0.5, 0.6) is 17.2 Å². The topological polar surface area (TPSA) is 127 Å². The van der Waals surface area contributed by atoms with E-state index in [1.54, 1.807) is 38.1 Å². The van der Waals surface area contributed by atoms with Crippen LogP contribution in [0.2, 0.25) is 0 Å². The maximum atomic E-state index is 13.3. The smallest absolute Gasteiger partial charge is 0.225 e. The average molecular weight is 543 g/mol. The number of nitrogens with one attached hydrogen (secondary N) is 1. The Kier molecular flexibility index (Phi) is 7.48. The number of carbonyl (C=O) groups excluding carboxylic acids is 1. The van der Waals surface area contributed by atoms with Gasteiger partial charge in [0.2, 0.25) is 5.91 Å². The van der Waals surface area contributed by atoms with Gasteiger partial charge < -0.3 is 33.9 Å². The number of fused-ring (bicyclic) bond motifs is 1. The predicted molar refractivity (Wildman–Crippen MR) is 148 cm³/mol. The van der Waals surface area contributed by atoms with E-state index in [0.29, 0.717) is 45.4 Å². The molecule has 0 bridgehead atoms. The number of aromatic nitrogens is 1. The molecule has 0 fully saturated rings. The van der Waals surface area contributed by atoms with Crippen LogP contribution in [-0.2, 0) is 11.2 Å². The molecular formula is C31H30N2O7. The third kappa shape index (κ3) is 5.23. The number of aromatic hydroxyl groups is 1. The second-order valence-corrected chi connectivity index (χ2v) is 9.51. The molecular weight excluding hydrogens is 512 g/mol. The number of ether oxygens (including phenoxy) is 2. The molecule has 2 unspecified atom stereocenters. The maximum Gasteiger partial charge on any atom is 0.225 e. The van der Waals surface area contributed by atoms with Gasteiger partial charge in [0.1, 0.15) is 40.5 Å². The Morgan fingerprint density at radius 3 is 2.45 bits per heavy atom. The summed E-state index contributed by atoms with van der Waals surface area (Å²) in [5.74, 6) is 1.38. The number of phenolic OH excluding ortho intramolecular Hbond substituents is 1. The van der Waals surface area contributed by atoms with Crippen molar-refractivity contribution < 1.29 is 33.4 Å². The molecule has 0 aliphatic heterocycles. The Bertz CT molecular complexity index is 1640. The van der Waals surface area contributed by atoms with Crippen LogP contribution >= 0.6 is 0 Å². The van der Waals surface area contributed by atoms with Gasteiger partial charge in [0.05, 0.1) is 43.5 Å². The first kappa shape index (κ1) is 26.8. The van der Waals surface area contributed by atoms with Crippen LogP contribution in [0.3, 0.4) is 0 Å². The molecule has 0 saturated heterocycles. The summed E-state index contributed by atoms with van der Waals surface area (Å²) in [6.07, 6.45) is -0.949. The molecule has 3 N–H and O–H groups in total. The lowest BCUT2D eigenvalue weighted by Crippen LogP contribution is -2.31. The van der Waals surface area contributed by atoms with E-state index in [4.69, 9.17) is 18.4 Å². The lowest BCUT2D eigenvalue weighted by Gasteiger charge is -2.23. The highest BCUT2D eigenvalue weighted by molar-refractivity contribution is 5.83. The van der Waals surface area contributed by atoms with E-state index < -0.39 is 12.1 Å². The van der Waals surface area contributed by atoms with E-state index in [0.717, 1.165) is 16.5 Å². The molecule has 0 saturated carbocycles. The number of methoxy groups -OCH3 is 2. The highest BCUT2D eigenvalue weighted by atomic mass is 16.5. The van der Waals surface area contributed by atoms with Crippen molar-refractivity contribution in [2.24, 2.45) is 0 Å². The van der Waals surface area contributed by atoms with Gasteiger partial charge in [0.25, 0.3) is 0 Å². The fraction of sp³-hybridized carbons (Fsp3) is 0.226. The summed E-state index contributed by atoms with van der Waals surface area (Å²) >= 11 is 0. The number of amides is 1. The Morgan fingerprint density at radius 1 is 1.00 bits per heavy atom. The summed E-state index contributed by atoms with van der Waals surface area (Å²) in [7, 11) is 3.00. The van der Waals surface area contributed by atoms with Crippen LogP contribution in [0.4, 0.5) is 0 Å². The molecule has 9 nitrogen and oxygen atoms in total. The molecule has 5 aromatic rings. The monoisotopic (exact) mass is 542 g/mol. The largest absolute Gasteiger partial charge is 0.507 e. The minimum atomic E-state index is -1.02. The minimum absolute atomic E-state index is 0.0606. The standard InChI is InChI=1S/C31H30N2O7/c1-17-28(18(2)40-33-17)31(36)26-14-21-12-19(10-11-24(21)39-26)13-27(35)32-30(20-8-6-5-7-9-20)29-23(34)15-22(37-3)16-25(29)38-4/h5-12,14-16,30-31,34,36H,13H2,1-4H3,(H,32,35). The van der Waals surface area contributed by atoms with Crippen LogP contribution in [0, 0.1) is 13.8 Å². The van der Waals surface area contributed by atoms with Crippen molar-refractivity contribution in [3.05, 3.63) is 106 Å². The summed E-state index contributed by atoms with van der Waals surface area (Å²) in [6, 6.07) is 19.0. The lowest BCUT2D eigenvalue weighted by atomic mass is 9.96. The van der Waals surface area contributed by atoms with Gasteiger partial charge in [0.15, 0.2) is 0 Å². The van der Waals surface area contributed by atoms with E-state index >= 15 is 0 Å². The Hall–Kier alpha value is -4.76. The molecule has 2 atom stereocenters. The number of carbonyl (C=O) groups is 1. The number of aliphatic hydroxyl groups is 1. The van der Waals surface area contributed by atoms with E-state index in [2.05, 4.69) is 10.5 Å². The highest BCUT2D eigenvalue weighted by Crippen LogP contribution is 2.40. The number of hydrogen-bond donors (Lipinski definition) is 3. The summed E-state index contributed by atoms with van der Waals surface area (Å²) in [4.78, 5) is 13.3. The number of aliphatic hydroxyl groups excluding tert-OH is 1. The molecule has 0 radical (unpaired) electrons. The quantitative estimate of drug-likeness (QED) is 0.229. The Balaban J connectivity index is 1.41. The van der Waals surface area contributed by atoms with Crippen LogP contribution in [0.15, 0.2) is 75.7 Å². The number of aryl methyl sites for hydroxylation is 2. The molecule has 0 spiro atoms. The third-order valence-corrected chi connectivity index (χ3v) is 6.87. The van der Waals surface area contributed by atoms with E-state index in [1.165, 1.54) is 20.3 Å². The van der Waals surface area contributed by atoms with Gasteiger partial charge in [-0.3, -0.25) is 4.79 Å². The minimum Gasteiger partial charge on any atom is -0.507 e. The van der Waals surface area contributed by atoms with Crippen LogP contribution in [0.1, 0.15) is 51.6 Å². The van der Waals surface area contributed by atoms with E-state index in [-0.39, 0.29) is 18.1 Å². The molecule has 0 aliphatic rings. The third-order valence-electron chi connectivity index (χ3n) is 6.87. The Morgan fingerprint density at radius 2 is 1.77 bits per heavy atom. The van der Waals surface area contributed by atoms with E-state index in [9.17, 15) is 15.0 Å². The number of furan rings is 1. The SMILES string of the molecule is COc1cc(O)c(C(NC(=O)Cc2ccc3oc(C(O)c4c(C)noc4C)cc3c2)c2ccccc2)c(OC)c1. The van der Waals surface area contributed by atoms with Crippen molar-refractivity contribution in [2.75, 3.05) is 14.2 Å². The molecule has 1 amide bonds. The fourth-order valence-electron chi connectivity index (χ4n) is 4.91. The second-order valence-electron chi connectivity index (χ2n) is 9.51. The van der Waals surface area contributed by atoms with Crippen molar-refractivity contribution in [3.8, 4) is 17.2 Å². The zero-order valence-electron chi connectivity index (χ0n) is 22.6. The first-order valence-electron chi connectivity index (χ1n) is 12.7. The van der Waals surface area contributed by atoms with Gasteiger partial charge in [-0.15, -0.1) is 0 Å². The number of phenols is 1. The fourth-order valence-corrected chi connectivity index (χ4v) is 4.91. The zero-order valence-corrected chi connectivity index (χ0v) is 22.6. The first-order chi connectivity index (χ1) is 19.3. The molecule has 2 heterocycles. The van der Waals surface area contributed by atoms with Crippen LogP contribution in [-0.4, -0.2) is 35.5 Å². The first-order valence-corrected chi connectivity index (χ1v) is 12.7. The van der Waals surface area contributed by atoms with Crippen molar-refractivity contribution in [1.29, 1.82) is 0 Å². The van der Waals surface area contributed by atoms with Crippen LogP contribution in [0.25, 0.3) is 11.0 Å². The molecule has 40 heavy (non-hydrogen) atoms. The van der Waals surface area contributed by atoms with Gasteiger partial charge in [0, 0.05) is 17.5 Å². The van der Waals surface area contributed by atoms with Gasteiger partial charge in [-0.25, -0.2) is 0 Å². The number of benzene rings is 3. The molecule has 0 aliphatic carbocycles. The summed E-state index contributed by atoms with van der Waals surface area (Å²) in [5.41, 5.74) is 3.70. The van der Waals surface area contributed by atoms with Gasteiger partial charge >= 0.3 is 0 Å². The average Bonchev–Trinajstić information content (AvgIpc) is 3.53. The van der Waals surface area contributed by atoms with Crippen molar-refractivity contribution in [3.63, 3.8) is 0 Å². The van der Waals surface area contributed by atoms with Gasteiger partial charge in [-0.1, -0.05) is 41.6 Å². The molecule has 5 rings (SSSR count). The number of rotatable bonds is 9. The number of nitrogens with zero attached hydrogens (tertiary/aromatic N) is 1. The summed E-state index contributed by atoms with van der Waals surface area (Å²) in [6.45, 7) is 3.50. The van der Waals surface area contributed by atoms with E-state index in [1.807, 2.05) is 36.4 Å². The second kappa shape index (κ2) is 11.2. The normalized spacial score (nSPS) is 12.7. The van der Waals surface area contributed by atoms with Gasteiger partial charge in [-0.05, 0) is 43.2 Å². The summed E-state index contributed by atoms with van der Waals surface area (Å²) in [5, 5.41) is 29.5. The molecule has 2 aromatic heterocycles. The maximum absolute atomic E-state index is 13.3. The Labute approximate surface area is 230 Å². The van der Waals surface area contributed by atoms with Crippen LogP contribution < -0.4 is 14.8 Å². The zero-order chi connectivity index (χ0) is 28.4. The molecule has 206 valence electrons. The molecule has 3 aromatic carbocycles. The predicted octanol–water partition coefficient (Wildman–Crippen LogP) is 5.29. The molecule has 9 heteroatoms.